The summed E-state index contributed by atoms with van der Waals surface area (Å²) in [7, 11) is 0. The molecule has 2 aromatic heterocycles. The Kier molecular flexibility index (Phi) is 7.13. The molecule has 9 nitrogen and oxygen atoms in total. The van der Waals surface area contributed by atoms with Crippen LogP contribution in [0.15, 0.2) is 45.7 Å². The lowest BCUT2D eigenvalue weighted by Crippen LogP contribution is -2.43. The van der Waals surface area contributed by atoms with Crippen LogP contribution in [0.5, 0.6) is 0 Å². The van der Waals surface area contributed by atoms with E-state index in [1.54, 1.807) is 6.20 Å². The number of oxazole rings is 1. The highest BCUT2D eigenvalue weighted by Gasteiger charge is 2.38. The number of hydrogen-bond acceptors (Lipinski definition) is 7. The molecule has 3 aromatic rings. The van der Waals surface area contributed by atoms with Crippen molar-refractivity contribution in [1.29, 1.82) is 0 Å². The number of carbonyl (C=O) groups is 1. The lowest BCUT2D eigenvalue weighted by molar-refractivity contribution is -0.192. The number of nitrogens with zero attached hydrogens (tertiary/aromatic N) is 3. The number of aliphatic carboxylic acids is 1. The van der Waals surface area contributed by atoms with Crippen molar-refractivity contribution in [1.82, 2.24) is 20.5 Å². The predicted molar refractivity (Wildman–Crippen MR) is 109 cm³/mol. The van der Waals surface area contributed by atoms with E-state index in [0.29, 0.717) is 11.6 Å². The summed E-state index contributed by atoms with van der Waals surface area (Å²) in [4.78, 5) is 25.1. The zero-order valence-corrected chi connectivity index (χ0v) is 17.1. The number of carboxylic acids is 1. The first-order chi connectivity index (χ1) is 15.1. The smallest absolute Gasteiger partial charge is 0.475 e. The van der Waals surface area contributed by atoms with Gasteiger partial charge >= 0.3 is 17.9 Å². The quantitative estimate of drug-likeness (QED) is 0.551. The van der Waals surface area contributed by atoms with Gasteiger partial charge < -0.3 is 19.7 Å². The Morgan fingerprint density at radius 2 is 2.00 bits per heavy atom. The van der Waals surface area contributed by atoms with Gasteiger partial charge in [-0.3, -0.25) is 4.98 Å². The van der Waals surface area contributed by atoms with Crippen molar-refractivity contribution in [2.75, 3.05) is 18.0 Å². The maximum atomic E-state index is 11.3. The number of nitrogens with one attached hydrogen (secondary N) is 2. The molecule has 3 heterocycles. The van der Waals surface area contributed by atoms with Gasteiger partial charge in [0.05, 0.1) is 5.52 Å². The molecule has 4 rings (SSSR count). The summed E-state index contributed by atoms with van der Waals surface area (Å²) in [5.41, 5.74) is 2.46. The minimum absolute atomic E-state index is 0.192. The van der Waals surface area contributed by atoms with Gasteiger partial charge in [0.15, 0.2) is 11.4 Å². The molecular formula is C20H22F3N5O4. The van der Waals surface area contributed by atoms with Gasteiger partial charge in [-0.2, -0.15) is 18.3 Å². The van der Waals surface area contributed by atoms with E-state index in [0.717, 1.165) is 42.8 Å². The molecule has 12 heteroatoms. The lowest BCUT2D eigenvalue weighted by Gasteiger charge is -2.34. The molecule has 1 saturated heterocycles. The number of hydrogen-bond donors (Lipinski definition) is 3. The Bertz CT molecular complexity index is 1090. The third-order valence-corrected chi connectivity index (χ3v) is 5.05. The number of fused-ring (bicyclic) bond motifs is 1. The van der Waals surface area contributed by atoms with Gasteiger partial charge in [0.2, 0.25) is 0 Å². The molecule has 172 valence electrons. The Morgan fingerprint density at radius 3 is 2.59 bits per heavy atom. The van der Waals surface area contributed by atoms with E-state index in [4.69, 9.17) is 14.3 Å². The predicted octanol–water partition coefficient (Wildman–Crippen LogP) is 2.86. The number of halogens is 3. The van der Waals surface area contributed by atoms with Gasteiger partial charge in [0.25, 0.3) is 0 Å². The topological polar surface area (TPSA) is 124 Å². The van der Waals surface area contributed by atoms with Crippen LogP contribution in [-0.4, -0.2) is 51.6 Å². The number of piperidine rings is 1. The fourth-order valence-electron chi connectivity index (χ4n) is 3.42. The molecule has 1 unspecified atom stereocenters. The molecule has 0 spiro atoms. The molecule has 0 aliphatic carbocycles. The van der Waals surface area contributed by atoms with Gasteiger partial charge in [-0.1, -0.05) is 6.07 Å². The number of aromatic nitrogens is 3. The number of alkyl halides is 3. The minimum atomic E-state index is -5.08. The summed E-state index contributed by atoms with van der Waals surface area (Å²) in [5.74, 6) is -2.22. The van der Waals surface area contributed by atoms with Crippen molar-refractivity contribution in [3.05, 3.63) is 52.6 Å². The monoisotopic (exact) mass is 453 g/mol. The van der Waals surface area contributed by atoms with Crippen LogP contribution in [0, 0.1) is 0 Å². The normalized spacial score (nSPS) is 15.8. The summed E-state index contributed by atoms with van der Waals surface area (Å²) in [6, 6.07) is 10.4. The summed E-state index contributed by atoms with van der Waals surface area (Å²) in [6.45, 7) is 4.07. The number of anilines is 1. The van der Waals surface area contributed by atoms with Gasteiger partial charge in [0, 0.05) is 31.4 Å². The van der Waals surface area contributed by atoms with Gasteiger partial charge in [-0.25, -0.2) is 9.59 Å². The van der Waals surface area contributed by atoms with Crippen LogP contribution in [-0.2, 0) is 4.79 Å². The second-order valence-corrected chi connectivity index (χ2v) is 7.30. The van der Waals surface area contributed by atoms with Crippen LogP contribution in [0.3, 0.4) is 0 Å². The van der Waals surface area contributed by atoms with E-state index in [2.05, 4.69) is 32.3 Å². The largest absolute Gasteiger partial charge is 0.490 e. The van der Waals surface area contributed by atoms with Crippen LogP contribution >= 0.6 is 0 Å². The van der Waals surface area contributed by atoms with E-state index in [9.17, 15) is 18.0 Å². The number of rotatable bonds is 4. The Labute approximate surface area is 180 Å². The fourth-order valence-corrected chi connectivity index (χ4v) is 3.42. The molecule has 1 aliphatic heterocycles. The Hall–Kier alpha value is -3.41. The van der Waals surface area contributed by atoms with Crippen molar-refractivity contribution in [2.24, 2.45) is 0 Å². The number of benzene rings is 1. The van der Waals surface area contributed by atoms with Crippen molar-refractivity contribution >= 4 is 22.9 Å². The second kappa shape index (κ2) is 9.81. The summed E-state index contributed by atoms with van der Waals surface area (Å²) in [5, 5.41) is 18.9. The van der Waals surface area contributed by atoms with Crippen molar-refractivity contribution < 1.29 is 27.5 Å². The molecule has 0 bridgehead atoms. The van der Waals surface area contributed by atoms with Crippen LogP contribution in [0.4, 0.5) is 19.0 Å². The molecule has 0 amide bonds. The van der Waals surface area contributed by atoms with Crippen molar-refractivity contribution in [3.8, 4) is 0 Å². The fraction of sp³-hybridized carbons (Fsp3) is 0.400. The molecular weight excluding hydrogens is 431 g/mol. The summed E-state index contributed by atoms with van der Waals surface area (Å²) in [6.07, 6.45) is -1.27. The third kappa shape index (κ3) is 6.06. The lowest BCUT2D eigenvalue weighted by atomic mass is 10.0. The maximum absolute atomic E-state index is 11.3. The van der Waals surface area contributed by atoms with E-state index >= 15 is 0 Å². The molecule has 1 fully saturated rings. The van der Waals surface area contributed by atoms with Gasteiger partial charge in [0.1, 0.15) is 0 Å². The first-order valence-corrected chi connectivity index (χ1v) is 9.85. The van der Waals surface area contributed by atoms with Gasteiger partial charge in [-0.15, -0.1) is 5.10 Å². The highest BCUT2D eigenvalue weighted by Crippen LogP contribution is 2.22. The SMILES string of the molecule is CC(NC1CCN(c2cccnn2)CC1)c1ccc2[nH]c(=O)oc2c1.O=C(O)C(F)(F)F. The maximum Gasteiger partial charge on any atom is 0.490 e. The van der Waals surface area contributed by atoms with Gasteiger partial charge in [-0.05, 0) is 49.6 Å². The van der Waals surface area contributed by atoms with Crippen LogP contribution in [0.25, 0.3) is 11.1 Å². The second-order valence-electron chi connectivity index (χ2n) is 7.30. The zero-order valence-electron chi connectivity index (χ0n) is 17.1. The number of aromatic amines is 1. The minimum Gasteiger partial charge on any atom is -0.475 e. The highest BCUT2D eigenvalue weighted by atomic mass is 19.4. The van der Waals surface area contributed by atoms with Crippen LogP contribution in [0.1, 0.15) is 31.4 Å². The molecule has 0 radical (unpaired) electrons. The molecule has 0 saturated carbocycles. The van der Waals surface area contributed by atoms with Crippen LogP contribution < -0.4 is 16.0 Å². The van der Waals surface area contributed by atoms with Crippen LogP contribution in [0.2, 0.25) is 0 Å². The highest BCUT2D eigenvalue weighted by molar-refractivity contribution is 5.73. The molecule has 1 aliphatic rings. The average molecular weight is 453 g/mol. The summed E-state index contributed by atoms with van der Waals surface area (Å²) >= 11 is 0. The van der Waals surface area contributed by atoms with E-state index in [1.165, 1.54) is 0 Å². The van der Waals surface area contributed by atoms with Crippen molar-refractivity contribution in [3.63, 3.8) is 0 Å². The Morgan fingerprint density at radius 1 is 1.31 bits per heavy atom. The Balaban J connectivity index is 0.000000360. The standard InChI is InChI=1S/C18H21N5O2.C2HF3O2/c1-12(13-4-5-15-16(11-13)25-18(24)21-15)20-14-6-9-23(10-7-14)17-3-2-8-19-22-17;3-2(4,5)1(6)7/h2-5,8,11-12,14,20H,6-7,9-10H2,1H3,(H,21,24);(H,6,7). The van der Waals surface area contributed by atoms with E-state index < -0.39 is 17.9 Å². The molecule has 32 heavy (non-hydrogen) atoms. The molecule has 3 N–H and O–H groups in total. The number of H-pyrrole nitrogens is 1. The zero-order chi connectivity index (χ0) is 23.3. The summed E-state index contributed by atoms with van der Waals surface area (Å²) < 4.78 is 36.9. The van der Waals surface area contributed by atoms with E-state index in [-0.39, 0.29) is 6.04 Å². The first kappa shape index (κ1) is 23.3. The molecule has 1 atom stereocenters. The van der Waals surface area contributed by atoms with Crippen molar-refractivity contribution in [2.45, 2.75) is 38.0 Å². The third-order valence-electron chi connectivity index (χ3n) is 5.05. The first-order valence-electron chi connectivity index (χ1n) is 9.85. The average Bonchev–Trinajstić information content (AvgIpc) is 3.14. The molecule has 1 aromatic carbocycles. The number of carboxylic acid groups (broad SMARTS) is 1. The van der Waals surface area contributed by atoms with E-state index in [1.807, 2.05) is 30.3 Å².